The topological polar surface area (TPSA) is 273 Å². The number of primary amides is 2. The van der Waals surface area contributed by atoms with E-state index in [0.717, 1.165) is 10.9 Å². The zero-order valence-corrected chi connectivity index (χ0v) is 20.5. The molecule has 38 heavy (non-hydrogen) atoms. The number of para-hydroxylation sites is 1. The maximum absolute atomic E-state index is 13.1. The Labute approximate surface area is 216 Å². The molecule has 0 aliphatic carbocycles. The second-order valence-electron chi connectivity index (χ2n) is 8.70. The fraction of sp³-hybridized carbons (Fsp3) is 0.391. The molecule has 206 valence electrons. The number of nitrogens with two attached hydrogens (primary N) is 3. The van der Waals surface area contributed by atoms with Crippen molar-refractivity contribution in [1.29, 1.82) is 0 Å². The molecule has 2 aromatic rings. The normalized spacial score (nSPS) is 14.9. The van der Waals surface area contributed by atoms with Gasteiger partial charge in [0.15, 0.2) is 0 Å². The monoisotopic (exact) mass is 533 g/mol. The summed E-state index contributed by atoms with van der Waals surface area (Å²) >= 11 is 0. The molecule has 1 aromatic heterocycles. The summed E-state index contributed by atoms with van der Waals surface area (Å²) in [5, 5.41) is 27.0. The van der Waals surface area contributed by atoms with Gasteiger partial charge in [0.05, 0.1) is 25.0 Å². The molecule has 0 spiro atoms. The maximum atomic E-state index is 13.1. The quantitative estimate of drug-likeness (QED) is 0.117. The summed E-state index contributed by atoms with van der Waals surface area (Å²) < 4.78 is 0. The average molecular weight is 534 g/mol. The summed E-state index contributed by atoms with van der Waals surface area (Å²) in [6.45, 7) is 1.20. The lowest BCUT2D eigenvalue weighted by molar-refractivity contribution is -0.143. The zero-order valence-electron chi connectivity index (χ0n) is 20.5. The number of aliphatic hydroxyl groups excluding tert-OH is 1. The predicted octanol–water partition coefficient (Wildman–Crippen LogP) is -3.29. The first-order valence-electron chi connectivity index (χ1n) is 11.5. The highest BCUT2D eigenvalue weighted by Crippen LogP contribution is 2.19. The molecule has 0 saturated carbocycles. The van der Waals surface area contributed by atoms with Crippen molar-refractivity contribution >= 4 is 46.4 Å². The van der Waals surface area contributed by atoms with Crippen molar-refractivity contribution in [2.45, 2.75) is 56.5 Å². The van der Waals surface area contributed by atoms with Crippen LogP contribution >= 0.6 is 0 Å². The molecular formula is C23H31N7O8. The number of H-pyrrole nitrogens is 1. The van der Waals surface area contributed by atoms with Gasteiger partial charge < -0.3 is 48.3 Å². The van der Waals surface area contributed by atoms with Gasteiger partial charge in [0.2, 0.25) is 29.5 Å². The van der Waals surface area contributed by atoms with Gasteiger partial charge in [-0.15, -0.1) is 0 Å². The zero-order chi connectivity index (χ0) is 28.6. The first kappa shape index (κ1) is 29.7. The summed E-state index contributed by atoms with van der Waals surface area (Å²) in [6.07, 6.45) is -1.20. The Kier molecular flexibility index (Phi) is 10.3. The number of aromatic amines is 1. The molecule has 0 aliphatic heterocycles. The lowest BCUT2D eigenvalue weighted by Crippen LogP contribution is -2.60. The second-order valence-corrected chi connectivity index (χ2v) is 8.70. The number of nitrogens with one attached hydrogen (secondary N) is 4. The van der Waals surface area contributed by atoms with Crippen molar-refractivity contribution in [3.8, 4) is 0 Å². The number of carboxylic acids is 1. The van der Waals surface area contributed by atoms with Gasteiger partial charge in [-0.3, -0.25) is 24.0 Å². The van der Waals surface area contributed by atoms with Crippen LogP contribution < -0.4 is 33.2 Å². The molecule has 5 amide bonds. The molecule has 12 N–H and O–H groups in total. The largest absolute Gasteiger partial charge is 0.480 e. The van der Waals surface area contributed by atoms with Crippen molar-refractivity contribution < 1.29 is 39.0 Å². The minimum atomic E-state index is -1.67. The van der Waals surface area contributed by atoms with Gasteiger partial charge in [-0.25, -0.2) is 4.79 Å². The van der Waals surface area contributed by atoms with Gasteiger partial charge in [0, 0.05) is 23.5 Å². The minimum absolute atomic E-state index is 0.133. The smallest absolute Gasteiger partial charge is 0.326 e. The van der Waals surface area contributed by atoms with Crippen LogP contribution in [-0.4, -0.2) is 81.0 Å². The van der Waals surface area contributed by atoms with Gasteiger partial charge in [0.25, 0.3) is 0 Å². The van der Waals surface area contributed by atoms with E-state index in [-0.39, 0.29) is 6.42 Å². The van der Waals surface area contributed by atoms with E-state index in [0.29, 0.717) is 5.56 Å². The summed E-state index contributed by atoms with van der Waals surface area (Å²) in [4.78, 5) is 75.4. The van der Waals surface area contributed by atoms with Crippen molar-refractivity contribution in [2.75, 3.05) is 0 Å². The van der Waals surface area contributed by atoms with Crippen LogP contribution in [0.1, 0.15) is 25.3 Å². The Hall–Kier alpha value is -4.50. The number of carboxylic acid groups (broad SMARTS) is 1. The van der Waals surface area contributed by atoms with Gasteiger partial charge in [-0.1, -0.05) is 18.2 Å². The molecule has 0 fully saturated rings. The fourth-order valence-electron chi connectivity index (χ4n) is 3.64. The Balaban J connectivity index is 2.31. The van der Waals surface area contributed by atoms with Crippen LogP contribution in [0.25, 0.3) is 10.9 Å². The third-order valence-corrected chi connectivity index (χ3v) is 5.57. The standard InChI is InChI=1S/C23H31N7O8/c1-10(31)19(30-20(34)13(24)7-17(25)32)22(36)28-15(21(35)29-16(23(37)38)8-18(26)33)6-11-9-27-14-5-3-2-4-12(11)14/h2-5,9-10,13,15-16,19,27,31H,6-8,24H2,1H3,(H2,25,32)(H2,26,33)(H,28,36)(H,29,35)(H,30,34)(H,37,38). The number of carbonyl (C=O) groups excluding carboxylic acids is 5. The van der Waals surface area contributed by atoms with E-state index >= 15 is 0 Å². The number of aliphatic carboxylic acids is 1. The number of hydrogen-bond acceptors (Lipinski definition) is 8. The minimum Gasteiger partial charge on any atom is -0.480 e. The van der Waals surface area contributed by atoms with Gasteiger partial charge in [0.1, 0.15) is 18.1 Å². The van der Waals surface area contributed by atoms with E-state index in [1.807, 2.05) is 0 Å². The highest BCUT2D eigenvalue weighted by atomic mass is 16.4. The lowest BCUT2D eigenvalue weighted by atomic mass is 10.0. The Morgan fingerprint density at radius 3 is 2.08 bits per heavy atom. The highest BCUT2D eigenvalue weighted by molar-refractivity contribution is 5.96. The van der Waals surface area contributed by atoms with E-state index in [9.17, 15) is 39.0 Å². The molecule has 5 unspecified atom stereocenters. The number of hydrogen-bond donors (Lipinski definition) is 9. The summed E-state index contributed by atoms with van der Waals surface area (Å²) in [5.41, 5.74) is 17.0. The van der Waals surface area contributed by atoms with E-state index in [1.54, 1.807) is 30.5 Å². The van der Waals surface area contributed by atoms with E-state index in [4.69, 9.17) is 17.2 Å². The number of carbonyl (C=O) groups is 6. The first-order chi connectivity index (χ1) is 17.8. The van der Waals surface area contributed by atoms with Gasteiger partial charge in [-0.05, 0) is 18.6 Å². The highest BCUT2D eigenvalue weighted by Gasteiger charge is 2.33. The third kappa shape index (κ3) is 8.28. The molecule has 0 radical (unpaired) electrons. The van der Waals surface area contributed by atoms with Crippen molar-refractivity contribution in [3.63, 3.8) is 0 Å². The van der Waals surface area contributed by atoms with Crippen molar-refractivity contribution in [1.82, 2.24) is 20.9 Å². The summed E-state index contributed by atoms with van der Waals surface area (Å²) in [7, 11) is 0. The number of fused-ring (bicyclic) bond motifs is 1. The predicted molar refractivity (Wildman–Crippen MR) is 133 cm³/mol. The van der Waals surface area contributed by atoms with Crippen molar-refractivity contribution in [3.05, 3.63) is 36.0 Å². The van der Waals surface area contributed by atoms with Crippen LogP contribution in [0.2, 0.25) is 0 Å². The molecule has 5 atom stereocenters. The average Bonchev–Trinajstić information content (AvgIpc) is 3.23. The Morgan fingerprint density at radius 2 is 1.50 bits per heavy atom. The summed E-state index contributed by atoms with van der Waals surface area (Å²) in [6, 6.07) is 1.04. The Morgan fingerprint density at radius 1 is 0.895 bits per heavy atom. The fourth-order valence-corrected chi connectivity index (χ4v) is 3.64. The van der Waals surface area contributed by atoms with Crippen LogP contribution in [-0.2, 0) is 35.2 Å². The molecule has 0 saturated heterocycles. The van der Waals surface area contributed by atoms with E-state index < -0.39 is 78.6 Å². The number of amides is 5. The first-order valence-corrected chi connectivity index (χ1v) is 11.5. The molecule has 1 aromatic carbocycles. The van der Waals surface area contributed by atoms with Crippen LogP contribution in [0.4, 0.5) is 0 Å². The molecule has 15 nitrogen and oxygen atoms in total. The molecular weight excluding hydrogens is 502 g/mol. The van der Waals surface area contributed by atoms with Gasteiger partial charge >= 0.3 is 5.97 Å². The van der Waals surface area contributed by atoms with Crippen LogP contribution in [0, 0.1) is 0 Å². The SMILES string of the molecule is CC(O)C(NC(=O)C(N)CC(N)=O)C(=O)NC(Cc1c[nH]c2ccccc12)C(=O)NC(CC(N)=O)C(=O)O. The number of rotatable bonds is 14. The van der Waals surface area contributed by atoms with Crippen LogP contribution in [0.5, 0.6) is 0 Å². The second kappa shape index (κ2) is 13.2. The maximum Gasteiger partial charge on any atom is 0.326 e. The van der Waals surface area contributed by atoms with E-state index in [2.05, 4.69) is 20.9 Å². The van der Waals surface area contributed by atoms with Crippen molar-refractivity contribution in [2.24, 2.45) is 17.2 Å². The number of aromatic nitrogens is 1. The van der Waals surface area contributed by atoms with Gasteiger partial charge in [-0.2, -0.15) is 0 Å². The lowest BCUT2D eigenvalue weighted by Gasteiger charge is -2.26. The molecule has 0 bridgehead atoms. The van der Waals surface area contributed by atoms with Crippen LogP contribution in [0.15, 0.2) is 30.5 Å². The molecule has 1 heterocycles. The number of aliphatic hydroxyl groups is 1. The molecule has 15 heteroatoms. The molecule has 0 aliphatic rings. The Bertz CT molecular complexity index is 1210. The third-order valence-electron chi connectivity index (χ3n) is 5.57. The van der Waals surface area contributed by atoms with Crippen LogP contribution in [0.3, 0.4) is 0 Å². The molecule has 2 rings (SSSR count). The number of benzene rings is 1. The summed E-state index contributed by atoms with van der Waals surface area (Å²) in [5.74, 6) is -6.26. The van der Waals surface area contributed by atoms with E-state index in [1.165, 1.54) is 6.92 Å².